The van der Waals surface area contributed by atoms with E-state index in [0.717, 1.165) is 17.7 Å². The van der Waals surface area contributed by atoms with Gasteiger partial charge in [0.1, 0.15) is 6.61 Å². The van der Waals surface area contributed by atoms with Crippen LogP contribution in [0.1, 0.15) is 27.9 Å². The van der Waals surface area contributed by atoms with E-state index in [0.29, 0.717) is 0 Å². The fraction of sp³-hybridized carbons (Fsp3) is 0.200. The van der Waals surface area contributed by atoms with Crippen LogP contribution in [0.5, 0.6) is 0 Å². The zero-order chi connectivity index (χ0) is 19.7. The molecular weight excluding hydrogens is 359 g/mol. The van der Waals surface area contributed by atoms with E-state index in [2.05, 4.69) is 17.2 Å². The molecule has 0 aliphatic heterocycles. The Kier molecular flexibility index (Phi) is 7.00. The van der Waals surface area contributed by atoms with Crippen molar-refractivity contribution >= 4 is 11.9 Å². The van der Waals surface area contributed by atoms with Gasteiger partial charge in [-0.05, 0) is 17.7 Å². The highest BCUT2D eigenvalue weighted by Gasteiger charge is 2.39. The highest BCUT2D eigenvalue weighted by molar-refractivity contribution is 6.00. The maximum Gasteiger partial charge on any atom is 0.454 e. The first-order chi connectivity index (χ1) is 12.9. The highest BCUT2D eigenvalue weighted by atomic mass is 19.4. The largest absolute Gasteiger partial charge is 0.454 e. The number of nitrogens with one attached hydrogen (secondary N) is 1. The molecule has 2 rings (SSSR count). The fourth-order valence-electron chi connectivity index (χ4n) is 2.07. The molecule has 0 aromatic heterocycles. The number of carbonyl (C=O) groups excluding carboxylic acids is 2. The van der Waals surface area contributed by atoms with Gasteiger partial charge in [-0.15, -0.1) is 0 Å². The summed E-state index contributed by atoms with van der Waals surface area (Å²) in [5, 5.41) is 2.52. The van der Waals surface area contributed by atoms with Gasteiger partial charge in [-0.25, -0.2) is 4.79 Å². The average Bonchev–Trinajstić information content (AvgIpc) is 2.66. The first-order valence-electron chi connectivity index (χ1n) is 8.01. The molecule has 0 bridgehead atoms. The number of alkyl halides is 3. The Bertz CT molecular complexity index is 852. The van der Waals surface area contributed by atoms with E-state index in [1.807, 2.05) is 30.3 Å². The standard InChI is InChI=1S/C20H16F3NO3/c21-20(22,23)18(25)17-11-6-10-15(13-17)7-4-5-12-24-19(26)27-14-16-8-2-1-3-9-16/h1-3,6,8-11,13H,5,12,14H2,(H,24,26). The molecule has 7 heteroatoms. The summed E-state index contributed by atoms with van der Waals surface area (Å²) >= 11 is 0. The minimum Gasteiger partial charge on any atom is -0.445 e. The van der Waals surface area contributed by atoms with Crippen LogP contribution in [0.25, 0.3) is 0 Å². The molecular formula is C20H16F3NO3. The Labute approximate surface area is 154 Å². The summed E-state index contributed by atoms with van der Waals surface area (Å²) < 4.78 is 42.3. The van der Waals surface area contributed by atoms with Crippen LogP contribution in [0.3, 0.4) is 0 Å². The maximum absolute atomic E-state index is 12.4. The van der Waals surface area contributed by atoms with Crippen molar-refractivity contribution in [1.82, 2.24) is 5.32 Å². The first kappa shape index (κ1) is 20.0. The number of Topliss-reactive ketones (excluding diaryl/α,β-unsaturated/α-hetero) is 1. The number of alkyl carbamates (subject to hydrolysis) is 1. The lowest BCUT2D eigenvalue weighted by Crippen LogP contribution is -2.24. The molecule has 27 heavy (non-hydrogen) atoms. The molecule has 140 valence electrons. The van der Waals surface area contributed by atoms with E-state index in [4.69, 9.17) is 4.74 Å². The van der Waals surface area contributed by atoms with Crippen LogP contribution >= 0.6 is 0 Å². The number of ether oxygens (including phenoxy) is 1. The predicted molar refractivity (Wildman–Crippen MR) is 93.0 cm³/mol. The van der Waals surface area contributed by atoms with Crippen LogP contribution in [0.4, 0.5) is 18.0 Å². The molecule has 0 heterocycles. The molecule has 0 spiro atoms. The summed E-state index contributed by atoms with van der Waals surface area (Å²) in [6.07, 6.45) is -5.23. The van der Waals surface area contributed by atoms with Crippen molar-refractivity contribution < 1.29 is 27.5 Å². The van der Waals surface area contributed by atoms with E-state index in [9.17, 15) is 22.8 Å². The zero-order valence-corrected chi connectivity index (χ0v) is 14.2. The van der Waals surface area contributed by atoms with E-state index >= 15 is 0 Å². The van der Waals surface area contributed by atoms with Crippen LogP contribution in [0.2, 0.25) is 0 Å². The van der Waals surface area contributed by atoms with Crippen molar-refractivity contribution in [2.75, 3.05) is 6.54 Å². The van der Waals surface area contributed by atoms with Crippen LogP contribution in [0.15, 0.2) is 54.6 Å². The summed E-state index contributed by atoms with van der Waals surface area (Å²) in [7, 11) is 0. The summed E-state index contributed by atoms with van der Waals surface area (Å²) in [5.74, 6) is 3.48. The van der Waals surface area contributed by atoms with Crippen LogP contribution in [-0.2, 0) is 11.3 Å². The van der Waals surface area contributed by atoms with Gasteiger partial charge in [-0.1, -0.05) is 54.3 Å². The third kappa shape index (κ3) is 6.86. The van der Waals surface area contributed by atoms with E-state index in [1.54, 1.807) is 0 Å². The maximum atomic E-state index is 12.4. The Morgan fingerprint density at radius 3 is 2.48 bits per heavy atom. The third-order valence-corrected chi connectivity index (χ3v) is 3.35. The Hall–Kier alpha value is -3.27. The first-order valence-corrected chi connectivity index (χ1v) is 8.01. The van der Waals surface area contributed by atoms with Gasteiger partial charge in [0.05, 0.1) is 0 Å². The van der Waals surface area contributed by atoms with E-state index in [1.165, 1.54) is 12.1 Å². The molecule has 0 fully saturated rings. The summed E-state index contributed by atoms with van der Waals surface area (Å²) in [6.45, 7) is 0.375. The van der Waals surface area contributed by atoms with Crippen LogP contribution < -0.4 is 5.32 Å². The van der Waals surface area contributed by atoms with Gasteiger partial charge in [0, 0.05) is 24.1 Å². The van der Waals surface area contributed by atoms with Crippen molar-refractivity contribution in [1.29, 1.82) is 0 Å². The second-order valence-corrected chi connectivity index (χ2v) is 5.45. The van der Waals surface area contributed by atoms with Gasteiger partial charge >= 0.3 is 12.3 Å². The van der Waals surface area contributed by atoms with Crippen molar-refractivity contribution in [3.63, 3.8) is 0 Å². The van der Waals surface area contributed by atoms with Gasteiger partial charge < -0.3 is 10.1 Å². The average molecular weight is 375 g/mol. The minimum absolute atomic E-state index is 0.151. The van der Waals surface area contributed by atoms with E-state index in [-0.39, 0.29) is 25.1 Å². The van der Waals surface area contributed by atoms with Gasteiger partial charge in [0.25, 0.3) is 5.78 Å². The van der Waals surface area contributed by atoms with Crippen molar-refractivity contribution in [3.8, 4) is 11.8 Å². The number of halogens is 3. The lowest BCUT2D eigenvalue weighted by atomic mass is 10.1. The minimum atomic E-state index is -4.92. The van der Waals surface area contributed by atoms with Gasteiger partial charge in [-0.2, -0.15) is 13.2 Å². The SMILES string of the molecule is O=C(NCCC#Cc1cccc(C(=O)C(F)(F)F)c1)OCc1ccccc1. The monoisotopic (exact) mass is 375 g/mol. The summed E-state index contributed by atoms with van der Waals surface area (Å²) in [4.78, 5) is 22.7. The van der Waals surface area contributed by atoms with Gasteiger partial charge in [0.2, 0.25) is 0 Å². The molecule has 1 N–H and O–H groups in total. The third-order valence-electron chi connectivity index (χ3n) is 3.35. The number of hydrogen-bond acceptors (Lipinski definition) is 3. The van der Waals surface area contributed by atoms with E-state index < -0.39 is 23.6 Å². The van der Waals surface area contributed by atoms with Gasteiger partial charge in [-0.3, -0.25) is 4.79 Å². The Balaban J connectivity index is 1.77. The fourth-order valence-corrected chi connectivity index (χ4v) is 2.07. The van der Waals surface area contributed by atoms with Gasteiger partial charge in [0.15, 0.2) is 0 Å². The Morgan fingerprint density at radius 1 is 1.04 bits per heavy atom. The van der Waals surface area contributed by atoms with Crippen molar-refractivity contribution in [2.24, 2.45) is 0 Å². The molecule has 2 aromatic rings. The molecule has 0 aliphatic rings. The molecule has 0 radical (unpaired) electrons. The number of benzene rings is 2. The second-order valence-electron chi connectivity index (χ2n) is 5.45. The Morgan fingerprint density at radius 2 is 1.78 bits per heavy atom. The second kappa shape index (κ2) is 9.43. The summed E-state index contributed by atoms with van der Waals surface area (Å²) in [6, 6.07) is 14.2. The number of ketones is 1. The molecule has 0 atom stereocenters. The molecule has 4 nitrogen and oxygen atoms in total. The van der Waals surface area contributed by atoms with Crippen LogP contribution in [0, 0.1) is 11.8 Å². The molecule has 0 unspecified atom stereocenters. The molecule has 2 aromatic carbocycles. The lowest BCUT2D eigenvalue weighted by Gasteiger charge is -2.05. The van der Waals surface area contributed by atoms with Crippen molar-refractivity contribution in [2.45, 2.75) is 19.2 Å². The number of amides is 1. The topological polar surface area (TPSA) is 55.4 Å². The summed E-state index contributed by atoms with van der Waals surface area (Å²) in [5.41, 5.74) is 0.689. The predicted octanol–water partition coefficient (Wildman–Crippen LogP) is 4.10. The molecule has 0 saturated heterocycles. The molecule has 0 saturated carbocycles. The quantitative estimate of drug-likeness (QED) is 0.486. The zero-order valence-electron chi connectivity index (χ0n) is 14.2. The number of hydrogen-bond donors (Lipinski definition) is 1. The number of rotatable bonds is 5. The normalized spacial score (nSPS) is 10.5. The van der Waals surface area contributed by atoms with Crippen LogP contribution in [-0.4, -0.2) is 24.6 Å². The number of carbonyl (C=O) groups is 2. The molecule has 1 amide bonds. The molecule has 0 aliphatic carbocycles. The smallest absolute Gasteiger partial charge is 0.445 e. The highest BCUT2D eigenvalue weighted by Crippen LogP contribution is 2.21. The lowest BCUT2D eigenvalue weighted by molar-refractivity contribution is -0.0885. The van der Waals surface area contributed by atoms with Crippen molar-refractivity contribution in [3.05, 3.63) is 71.3 Å².